The second kappa shape index (κ2) is 3.95. The first-order chi connectivity index (χ1) is 9.50. The molecule has 3 aromatic rings. The number of carboxylic acid groups (broad SMARTS) is 1. The molecule has 0 saturated heterocycles. The van der Waals surface area contributed by atoms with Gasteiger partial charge in [-0.15, -0.1) is 0 Å². The van der Waals surface area contributed by atoms with Gasteiger partial charge in [-0.25, -0.2) is 14.8 Å². The van der Waals surface area contributed by atoms with E-state index in [2.05, 4.69) is 9.97 Å². The van der Waals surface area contributed by atoms with Crippen LogP contribution in [0.25, 0.3) is 22.1 Å². The lowest BCUT2D eigenvalue weighted by molar-refractivity contribution is 0.0695. The third kappa shape index (κ3) is 1.50. The molecule has 0 amide bonds. The van der Waals surface area contributed by atoms with Crippen LogP contribution in [0.3, 0.4) is 0 Å². The summed E-state index contributed by atoms with van der Waals surface area (Å²) in [7, 11) is 0. The van der Waals surface area contributed by atoms with Crippen LogP contribution in [0.5, 0.6) is 17.2 Å². The van der Waals surface area contributed by atoms with Crippen LogP contribution in [-0.2, 0) is 0 Å². The van der Waals surface area contributed by atoms with Crippen molar-refractivity contribution in [1.29, 1.82) is 0 Å². The van der Waals surface area contributed by atoms with Gasteiger partial charge in [-0.1, -0.05) is 12.1 Å². The number of aromatic hydroxyl groups is 3. The molecule has 0 unspecified atom stereocenters. The molecule has 0 saturated carbocycles. The first-order valence-electron chi connectivity index (χ1n) is 5.57. The second-order valence-electron chi connectivity index (χ2n) is 4.14. The van der Waals surface area contributed by atoms with E-state index in [1.807, 2.05) is 0 Å². The predicted octanol–water partition coefficient (Wildman–Crippen LogP) is 1.60. The van der Waals surface area contributed by atoms with Crippen LogP contribution < -0.4 is 0 Å². The Hall–Kier alpha value is -3.09. The van der Waals surface area contributed by atoms with E-state index < -0.39 is 28.8 Å². The summed E-state index contributed by atoms with van der Waals surface area (Å²) in [4.78, 5) is 19.4. The average molecular weight is 272 g/mol. The van der Waals surface area contributed by atoms with E-state index in [-0.39, 0.29) is 11.0 Å². The van der Waals surface area contributed by atoms with Crippen molar-refractivity contribution >= 4 is 28.0 Å². The van der Waals surface area contributed by atoms with E-state index >= 15 is 0 Å². The summed E-state index contributed by atoms with van der Waals surface area (Å²) in [5, 5.41) is 38.2. The van der Waals surface area contributed by atoms with Crippen LogP contribution in [0.1, 0.15) is 10.4 Å². The van der Waals surface area contributed by atoms with E-state index in [1.165, 1.54) is 0 Å². The number of rotatable bonds is 1. The summed E-state index contributed by atoms with van der Waals surface area (Å²) >= 11 is 0. The first-order valence-corrected chi connectivity index (χ1v) is 5.57. The van der Waals surface area contributed by atoms with Crippen molar-refractivity contribution < 1.29 is 25.2 Å². The van der Waals surface area contributed by atoms with Gasteiger partial charge in [0, 0.05) is 0 Å². The van der Waals surface area contributed by atoms with E-state index in [9.17, 15) is 20.1 Å². The van der Waals surface area contributed by atoms with Crippen LogP contribution in [0.4, 0.5) is 0 Å². The number of aromatic carboxylic acids is 1. The standard InChI is InChI=1S/C13H8N2O5/c16-10-7(13(19)20)8-9(11(17)12(10)18)15-6-4-2-1-3-5(6)14-8/h1-4,16-18H,(H,19,20). The molecule has 7 nitrogen and oxygen atoms in total. The summed E-state index contributed by atoms with van der Waals surface area (Å²) in [6, 6.07) is 6.65. The number of benzene rings is 2. The fourth-order valence-electron chi connectivity index (χ4n) is 2.00. The lowest BCUT2D eigenvalue weighted by Gasteiger charge is -2.09. The Bertz CT molecular complexity index is 876. The number of nitrogens with zero attached hydrogens (tertiary/aromatic N) is 2. The Labute approximate surface area is 111 Å². The molecule has 4 N–H and O–H groups in total. The second-order valence-corrected chi connectivity index (χ2v) is 4.14. The summed E-state index contributed by atoms with van der Waals surface area (Å²) in [6.45, 7) is 0. The van der Waals surface area contributed by atoms with Gasteiger partial charge in [0.2, 0.25) is 5.75 Å². The molecule has 3 rings (SSSR count). The van der Waals surface area contributed by atoms with Gasteiger partial charge in [0.25, 0.3) is 0 Å². The SMILES string of the molecule is O=C(O)c1c(O)c(O)c(O)c2nc3ccccc3nc12. The highest BCUT2D eigenvalue weighted by atomic mass is 16.4. The minimum Gasteiger partial charge on any atom is -0.504 e. The van der Waals surface area contributed by atoms with Crippen molar-refractivity contribution in [2.75, 3.05) is 0 Å². The van der Waals surface area contributed by atoms with Gasteiger partial charge >= 0.3 is 5.97 Å². The number of phenols is 3. The maximum Gasteiger partial charge on any atom is 0.341 e. The van der Waals surface area contributed by atoms with E-state index in [0.717, 1.165) is 0 Å². The Morgan fingerprint density at radius 3 is 1.95 bits per heavy atom. The Balaban J connectivity index is 2.60. The molecule has 0 atom stereocenters. The smallest absolute Gasteiger partial charge is 0.341 e. The van der Waals surface area contributed by atoms with Crippen LogP contribution in [0.2, 0.25) is 0 Å². The van der Waals surface area contributed by atoms with Crippen molar-refractivity contribution in [1.82, 2.24) is 9.97 Å². The Morgan fingerprint density at radius 2 is 1.40 bits per heavy atom. The van der Waals surface area contributed by atoms with Crippen molar-refractivity contribution in [3.8, 4) is 17.2 Å². The predicted molar refractivity (Wildman–Crippen MR) is 69.0 cm³/mol. The largest absolute Gasteiger partial charge is 0.504 e. The van der Waals surface area contributed by atoms with Crippen molar-refractivity contribution in [3.05, 3.63) is 29.8 Å². The lowest BCUT2D eigenvalue weighted by atomic mass is 10.1. The first kappa shape index (κ1) is 12.0. The fraction of sp³-hybridized carbons (Fsp3) is 0. The van der Waals surface area contributed by atoms with Crippen molar-refractivity contribution in [2.45, 2.75) is 0 Å². The molecule has 0 aliphatic heterocycles. The van der Waals surface area contributed by atoms with Crippen LogP contribution in [0, 0.1) is 0 Å². The number of para-hydroxylation sites is 2. The topological polar surface area (TPSA) is 124 Å². The number of fused-ring (bicyclic) bond motifs is 2. The molecule has 7 heteroatoms. The summed E-state index contributed by atoms with van der Waals surface area (Å²) in [6.07, 6.45) is 0. The maximum absolute atomic E-state index is 11.2. The maximum atomic E-state index is 11.2. The highest BCUT2D eigenvalue weighted by Crippen LogP contribution is 2.43. The highest BCUT2D eigenvalue weighted by molar-refractivity contribution is 6.08. The third-order valence-electron chi connectivity index (χ3n) is 2.93. The Morgan fingerprint density at radius 1 is 0.850 bits per heavy atom. The molecule has 0 aliphatic carbocycles. The van der Waals surface area contributed by atoms with Gasteiger partial charge in [-0.2, -0.15) is 0 Å². The molecular formula is C13H8N2O5. The molecule has 0 radical (unpaired) electrons. The van der Waals surface area contributed by atoms with Gasteiger partial charge in [0.15, 0.2) is 11.5 Å². The number of phenolic OH excluding ortho intramolecular Hbond substituents is 2. The number of carbonyl (C=O) groups is 1. The van der Waals surface area contributed by atoms with Crippen LogP contribution >= 0.6 is 0 Å². The Kier molecular flexibility index (Phi) is 2.37. The minimum atomic E-state index is -1.48. The van der Waals surface area contributed by atoms with E-state index in [1.54, 1.807) is 24.3 Å². The van der Waals surface area contributed by atoms with Crippen LogP contribution in [-0.4, -0.2) is 36.4 Å². The molecule has 20 heavy (non-hydrogen) atoms. The number of carboxylic acids is 1. The van der Waals surface area contributed by atoms with E-state index in [4.69, 9.17) is 5.11 Å². The molecule has 0 fully saturated rings. The van der Waals surface area contributed by atoms with E-state index in [0.29, 0.717) is 11.0 Å². The molecular weight excluding hydrogens is 264 g/mol. The van der Waals surface area contributed by atoms with Gasteiger partial charge in [-0.05, 0) is 12.1 Å². The van der Waals surface area contributed by atoms with Gasteiger partial charge in [-0.3, -0.25) is 0 Å². The van der Waals surface area contributed by atoms with Gasteiger partial charge < -0.3 is 20.4 Å². The highest BCUT2D eigenvalue weighted by Gasteiger charge is 2.25. The molecule has 0 aliphatic rings. The summed E-state index contributed by atoms with van der Waals surface area (Å²) < 4.78 is 0. The van der Waals surface area contributed by atoms with Crippen LogP contribution in [0.15, 0.2) is 24.3 Å². The molecule has 100 valence electrons. The molecule has 0 bridgehead atoms. The zero-order valence-electron chi connectivity index (χ0n) is 9.90. The number of aromatic nitrogens is 2. The molecule has 0 spiro atoms. The number of hydrogen-bond acceptors (Lipinski definition) is 6. The third-order valence-corrected chi connectivity index (χ3v) is 2.93. The summed E-state index contributed by atoms with van der Waals surface area (Å²) in [5.41, 5.74) is -0.141. The number of hydrogen-bond donors (Lipinski definition) is 4. The van der Waals surface area contributed by atoms with Gasteiger partial charge in [0.1, 0.15) is 16.6 Å². The zero-order valence-corrected chi connectivity index (χ0v) is 9.90. The molecule has 1 heterocycles. The normalized spacial score (nSPS) is 11.0. The lowest BCUT2D eigenvalue weighted by Crippen LogP contribution is -2.02. The summed E-state index contributed by atoms with van der Waals surface area (Å²) in [5.74, 6) is -4.06. The van der Waals surface area contributed by atoms with Gasteiger partial charge in [0.05, 0.1) is 11.0 Å². The molecule has 1 aromatic heterocycles. The average Bonchev–Trinajstić information content (AvgIpc) is 2.43. The quantitative estimate of drug-likeness (QED) is 0.391. The zero-order chi connectivity index (χ0) is 14.4. The van der Waals surface area contributed by atoms with Crippen molar-refractivity contribution in [2.24, 2.45) is 0 Å². The van der Waals surface area contributed by atoms with Crippen molar-refractivity contribution in [3.63, 3.8) is 0 Å². The fourth-order valence-corrected chi connectivity index (χ4v) is 2.00. The monoisotopic (exact) mass is 272 g/mol. The minimum absolute atomic E-state index is 0.184. The molecule has 2 aromatic carbocycles.